The molecule has 0 atom stereocenters. The summed E-state index contributed by atoms with van der Waals surface area (Å²) in [4.78, 5) is 12.2. The third-order valence-electron chi connectivity index (χ3n) is 4.16. The highest BCUT2D eigenvalue weighted by atomic mass is 32.2. The number of amides is 1. The number of ether oxygens (including phenoxy) is 1. The van der Waals surface area contributed by atoms with Gasteiger partial charge in [0.05, 0.1) is 23.9 Å². The number of sulfonamides is 1. The monoisotopic (exact) mass is 423 g/mol. The second-order valence-electron chi connectivity index (χ2n) is 6.09. The van der Waals surface area contributed by atoms with Gasteiger partial charge in [-0.3, -0.25) is 4.79 Å². The van der Waals surface area contributed by atoms with Crippen LogP contribution in [0.2, 0.25) is 0 Å². The van der Waals surface area contributed by atoms with Crippen molar-refractivity contribution in [3.05, 3.63) is 59.4 Å². The number of hydrogen-bond donors (Lipinski definition) is 1. The van der Waals surface area contributed by atoms with Crippen LogP contribution in [-0.2, 0) is 26.1 Å². The van der Waals surface area contributed by atoms with E-state index in [4.69, 9.17) is 4.74 Å². The van der Waals surface area contributed by atoms with E-state index in [9.17, 15) is 18.4 Å². The first-order valence-electron chi connectivity index (χ1n) is 8.71. The van der Waals surface area contributed by atoms with Gasteiger partial charge in [0.15, 0.2) is 6.20 Å². The number of nitrogens with one attached hydrogen (secondary N) is 1. The van der Waals surface area contributed by atoms with Crippen molar-refractivity contribution in [2.24, 2.45) is 0 Å². The third-order valence-corrected chi connectivity index (χ3v) is 7.09. The topological polar surface area (TPSA) is 103 Å². The molecule has 1 aliphatic heterocycles. The van der Waals surface area contributed by atoms with E-state index in [0.29, 0.717) is 36.1 Å². The van der Waals surface area contributed by atoms with E-state index < -0.39 is 10.0 Å². The van der Waals surface area contributed by atoms with E-state index in [2.05, 4.69) is 5.32 Å². The summed E-state index contributed by atoms with van der Waals surface area (Å²) in [6, 6.07) is 11.5. The number of thioether (sulfide) groups is 1. The number of hydrogen-bond acceptors (Lipinski definition) is 6. The predicted octanol–water partition coefficient (Wildman–Crippen LogP) is 0.749. The first-order chi connectivity index (χ1) is 13.5. The Labute approximate surface area is 168 Å². The van der Waals surface area contributed by atoms with E-state index in [1.54, 1.807) is 42.5 Å². The maximum atomic E-state index is 12.6. The second-order valence-corrected chi connectivity index (χ2v) is 9.02. The maximum Gasteiger partial charge on any atom is 0.251 e. The lowest BCUT2D eigenvalue weighted by Gasteiger charge is -2.26. The Kier molecular flexibility index (Phi) is 6.89. The molecule has 2 aromatic rings. The van der Waals surface area contributed by atoms with Gasteiger partial charge in [0.2, 0.25) is 15.9 Å². The molecule has 1 aliphatic rings. The van der Waals surface area contributed by atoms with Crippen molar-refractivity contribution in [2.75, 3.05) is 32.1 Å². The fourth-order valence-corrected chi connectivity index (χ4v) is 4.78. The van der Waals surface area contributed by atoms with Crippen molar-refractivity contribution >= 4 is 27.7 Å². The highest BCUT2D eigenvalue weighted by Crippen LogP contribution is 2.18. The summed E-state index contributed by atoms with van der Waals surface area (Å²) in [5.74, 6) is -0.0886. The van der Waals surface area contributed by atoms with Gasteiger partial charge < -0.3 is 15.3 Å². The molecule has 3 rings (SSSR count). The molecule has 28 heavy (non-hydrogen) atoms. The van der Waals surface area contributed by atoms with Crippen LogP contribution in [0.4, 0.5) is 0 Å². The molecule has 8 nitrogen and oxygen atoms in total. The van der Waals surface area contributed by atoms with Gasteiger partial charge in [-0.25, -0.2) is 8.42 Å². The minimum atomic E-state index is -3.52. The van der Waals surface area contributed by atoms with Crippen LogP contribution in [0.1, 0.15) is 5.56 Å². The summed E-state index contributed by atoms with van der Waals surface area (Å²) in [7, 11) is -3.52. The van der Waals surface area contributed by atoms with Crippen LogP contribution in [0.3, 0.4) is 0 Å². The van der Waals surface area contributed by atoms with Crippen LogP contribution in [-0.4, -0.2) is 50.7 Å². The summed E-state index contributed by atoms with van der Waals surface area (Å²) in [5.41, 5.74) is 0.790. The number of benzene rings is 1. The lowest BCUT2D eigenvalue weighted by Crippen LogP contribution is -2.40. The Morgan fingerprint density at radius 2 is 1.89 bits per heavy atom. The van der Waals surface area contributed by atoms with E-state index in [-0.39, 0.29) is 23.1 Å². The smallest absolute Gasteiger partial charge is 0.251 e. The van der Waals surface area contributed by atoms with Crippen molar-refractivity contribution in [3.8, 4) is 0 Å². The van der Waals surface area contributed by atoms with Gasteiger partial charge in [-0.15, -0.1) is 0 Å². The Morgan fingerprint density at radius 3 is 2.57 bits per heavy atom. The summed E-state index contributed by atoms with van der Waals surface area (Å²) >= 11 is 1.16. The van der Waals surface area contributed by atoms with Gasteiger partial charge in [0.1, 0.15) is 0 Å². The Hall–Kier alpha value is -2.14. The zero-order valence-corrected chi connectivity index (χ0v) is 16.7. The van der Waals surface area contributed by atoms with Crippen molar-refractivity contribution in [1.82, 2.24) is 9.62 Å². The number of nitrogens with zero attached hydrogens (tertiary/aromatic N) is 2. The van der Waals surface area contributed by atoms with Crippen LogP contribution < -0.4 is 10.0 Å². The molecule has 2 heterocycles. The van der Waals surface area contributed by atoms with Crippen molar-refractivity contribution in [1.29, 1.82) is 0 Å². The predicted molar refractivity (Wildman–Crippen MR) is 104 cm³/mol. The molecular weight excluding hydrogens is 402 g/mol. The molecule has 0 saturated carbocycles. The van der Waals surface area contributed by atoms with Crippen molar-refractivity contribution in [3.63, 3.8) is 0 Å². The molecule has 1 aromatic heterocycles. The SMILES string of the molecule is O=C(CSc1cccc[n+]1[O-])NCc1ccc(S(=O)(=O)N2CCOCC2)cc1. The van der Waals surface area contributed by atoms with Gasteiger partial charge in [0, 0.05) is 31.8 Å². The Balaban J connectivity index is 1.51. The first kappa shape index (κ1) is 20.6. The van der Waals surface area contributed by atoms with E-state index in [1.165, 1.54) is 10.5 Å². The number of carbonyl (C=O) groups excluding carboxylic acids is 1. The number of carbonyl (C=O) groups is 1. The quantitative estimate of drug-likeness (QED) is 0.401. The van der Waals surface area contributed by atoms with Crippen LogP contribution in [0, 0.1) is 5.21 Å². The molecule has 1 amide bonds. The molecule has 0 radical (unpaired) electrons. The zero-order valence-electron chi connectivity index (χ0n) is 15.1. The lowest BCUT2D eigenvalue weighted by molar-refractivity contribution is -0.645. The lowest BCUT2D eigenvalue weighted by atomic mass is 10.2. The molecule has 150 valence electrons. The van der Waals surface area contributed by atoms with E-state index >= 15 is 0 Å². The molecule has 10 heteroatoms. The molecule has 0 aliphatic carbocycles. The third kappa shape index (κ3) is 5.22. The normalized spacial score (nSPS) is 15.3. The highest BCUT2D eigenvalue weighted by Gasteiger charge is 2.26. The number of pyridine rings is 1. The van der Waals surface area contributed by atoms with Crippen LogP contribution in [0.5, 0.6) is 0 Å². The van der Waals surface area contributed by atoms with Crippen molar-refractivity contribution in [2.45, 2.75) is 16.5 Å². The number of morpholine rings is 1. The number of rotatable bonds is 7. The Morgan fingerprint density at radius 1 is 1.18 bits per heavy atom. The Bertz CT molecular complexity index is 913. The summed E-state index contributed by atoms with van der Waals surface area (Å²) in [6.07, 6.45) is 1.38. The molecular formula is C18H21N3O5S2. The van der Waals surface area contributed by atoms with Gasteiger partial charge in [-0.2, -0.15) is 9.04 Å². The van der Waals surface area contributed by atoms with E-state index in [1.807, 2.05) is 0 Å². The van der Waals surface area contributed by atoms with Gasteiger partial charge in [-0.1, -0.05) is 12.1 Å². The average Bonchev–Trinajstić information content (AvgIpc) is 2.72. The molecule has 1 saturated heterocycles. The molecule has 1 aromatic carbocycles. The van der Waals surface area contributed by atoms with Crippen LogP contribution >= 0.6 is 11.8 Å². The zero-order chi connectivity index (χ0) is 20.0. The largest absolute Gasteiger partial charge is 0.618 e. The van der Waals surface area contributed by atoms with Crippen molar-refractivity contribution < 1.29 is 22.7 Å². The fraction of sp³-hybridized carbons (Fsp3) is 0.333. The minimum Gasteiger partial charge on any atom is -0.618 e. The number of aromatic nitrogens is 1. The molecule has 1 fully saturated rings. The van der Waals surface area contributed by atoms with Gasteiger partial charge >= 0.3 is 0 Å². The van der Waals surface area contributed by atoms with Gasteiger partial charge in [0.25, 0.3) is 5.03 Å². The summed E-state index contributed by atoms with van der Waals surface area (Å²) < 4.78 is 32.5. The van der Waals surface area contributed by atoms with Gasteiger partial charge in [-0.05, 0) is 35.5 Å². The summed E-state index contributed by atoms with van der Waals surface area (Å²) in [6.45, 7) is 1.78. The van der Waals surface area contributed by atoms with E-state index in [0.717, 1.165) is 17.3 Å². The molecule has 1 N–H and O–H groups in total. The molecule has 0 spiro atoms. The summed E-state index contributed by atoms with van der Waals surface area (Å²) in [5, 5.41) is 14.8. The second kappa shape index (κ2) is 9.37. The highest BCUT2D eigenvalue weighted by molar-refractivity contribution is 7.99. The van der Waals surface area contributed by atoms with Crippen LogP contribution in [0.25, 0.3) is 0 Å². The molecule has 0 bridgehead atoms. The van der Waals surface area contributed by atoms with Crippen LogP contribution in [0.15, 0.2) is 58.6 Å². The average molecular weight is 424 g/mol. The maximum absolute atomic E-state index is 12.6. The fourth-order valence-electron chi connectivity index (χ4n) is 2.63. The standard InChI is InChI=1S/C18H21N3O5S2/c22-17(14-27-18-3-1-2-8-21(18)23)19-13-15-4-6-16(7-5-15)28(24,25)20-9-11-26-12-10-20/h1-8H,9-14H2,(H,19,22). The molecule has 0 unspecified atom stereocenters. The first-order valence-corrected chi connectivity index (χ1v) is 11.1. The minimum absolute atomic E-state index is 0.121.